The topological polar surface area (TPSA) is 74.7 Å². The van der Waals surface area contributed by atoms with Crippen LogP contribution in [0, 0.1) is 12.7 Å². The van der Waals surface area contributed by atoms with Crippen LogP contribution in [0.15, 0.2) is 60.9 Å². The predicted molar refractivity (Wildman–Crippen MR) is 111 cm³/mol. The van der Waals surface area contributed by atoms with Gasteiger partial charge in [0.15, 0.2) is 5.60 Å². The molecule has 32 heavy (non-hydrogen) atoms. The Labute approximate surface area is 180 Å². The van der Waals surface area contributed by atoms with Gasteiger partial charge >= 0.3 is 6.18 Å². The van der Waals surface area contributed by atoms with Crippen LogP contribution in [0.25, 0.3) is 33.8 Å². The van der Waals surface area contributed by atoms with Gasteiger partial charge in [-0.25, -0.2) is 4.39 Å². The number of aliphatic hydroxyl groups is 1. The maximum absolute atomic E-state index is 14.6. The number of nitrogens with one attached hydrogen (secondary N) is 1. The van der Waals surface area contributed by atoms with Gasteiger partial charge in [0.2, 0.25) is 0 Å². The molecule has 0 saturated carbocycles. The summed E-state index contributed by atoms with van der Waals surface area (Å²) in [5.41, 5.74) is 0.0753. The van der Waals surface area contributed by atoms with Gasteiger partial charge in [-0.1, -0.05) is 18.2 Å². The molecule has 0 saturated heterocycles. The zero-order valence-corrected chi connectivity index (χ0v) is 17.1. The molecule has 3 aromatic heterocycles. The molecule has 0 spiro atoms. The van der Waals surface area contributed by atoms with Crippen LogP contribution in [0.3, 0.4) is 0 Å². The van der Waals surface area contributed by atoms with Crippen molar-refractivity contribution in [2.45, 2.75) is 25.6 Å². The highest BCUT2D eigenvalue weighted by Gasteiger charge is 2.51. The van der Waals surface area contributed by atoms with Crippen LogP contribution in [0.1, 0.15) is 18.2 Å². The number of benzene rings is 1. The van der Waals surface area contributed by atoms with E-state index in [9.17, 15) is 22.7 Å². The fraction of sp³-hybridized carbons (Fsp3) is 0.174. The molecule has 0 aliphatic carbocycles. The molecule has 4 aromatic rings. The lowest BCUT2D eigenvalue weighted by atomic mass is 9.96. The standard InChI is InChI=1S/C23H18F4N4O/c1-13-4-3-5-20(30-13)21-17(12-29-31-21)14-6-8-18(24)16(10-14)19-9-7-15(11-28-19)22(2,32)23(25,26)27/h3-12,32H,1-2H3,(H,29,31). The first-order chi connectivity index (χ1) is 15.1. The monoisotopic (exact) mass is 442 g/mol. The van der Waals surface area contributed by atoms with Crippen molar-refractivity contribution in [2.24, 2.45) is 0 Å². The van der Waals surface area contributed by atoms with Gasteiger partial charge < -0.3 is 5.11 Å². The Balaban J connectivity index is 1.74. The fourth-order valence-electron chi connectivity index (χ4n) is 3.27. The molecule has 5 nitrogen and oxygen atoms in total. The van der Waals surface area contributed by atoms with Gasteiger partial charge in [0.05, 0.1) is 11.4 Å². The van der Waals surface area contributed by atoms with Crippen molar-refractivity contribution in [3.63, 3.8) is 0 Å². The van der Waals surface area contributed by atoms with E-state index in [-0.39, 0.29) is 11.3 Å². The van der Waals surface area contributed by atoms with Crippen LogP contribution in [0.5, 0.6) is 0 Å². The van der Waals surface area contributed by atoms with Crippen molar-refractivity contribution >= 4 is 0 Å². The average Bonchev–Trinajstić information content (AvgIpc) is 3.23. The number of H-pyrrole nitrogens is 1. The maximum atomic E-state index is 14.6. The Kier molecular flexibility index (Phi) is 5.29. The van der Waals surface area contributed by atoms with E-state index in [1.54, 1.807) is 18.3 Å². The zero-order chi connectivity index (χ0) is 23.1. The Bertz CT molecular complexity index is 1260. The SMILES string of the molecule is Cc1cccc(-c2n[nH]cc2-c2ccc(F)c(-c3ccc(C(C)(O)C(F)(F)F)cn3)c2)n1. The van der Waals surface area contributed by atoms with Crippen LogP contribution >= 0.6 is 0 Å². The second kappa shape index (κ2) is 7.83. The number of aromatic nitrogens is 4. The number of pyridine rings is 2. The van der Waals surface area contributed by atoms with E-state index < -0.39 is 23.2 Å². The number of aromatic amines is 1. The third-order valence-corrected chi connectivity index (χ3v) is 5.20. The number of aryl methyl sites for hydroxylation is 1. The van der Waals surface area contributed by atoms with Gasteiger partial charge in [-0.3, -0.25) is 15.1 Å². The average molecular weight is 442 g/mol. The third-order valence-electron chi connectivity index (χ3n) is 5.20. The number of halogens is 4. The number of hydrogen-bond acceptors (Lipinski definition) is 4. The Morgan fingerprint density at radius 3 is 2.41 bits per heavy atom. The Morgan fingerprint density at radius 1 is 0.969 bits per heavy atom. The molecule has 0 radical (unpaired) electrons. The molecular formula is C23H18F4N4O. The minimum absolute atomic E-state index is 0.102. The summed E-state index contributed by atoms with van der Waals surface area (Å²) in [5.74, 6) is -0.588. The second-order valence-electron chi connectivity index (χ2n) is 7.51. The molecule has 3 heterocycles. The van der Waals surface area contributed by atoms with Crippen molar-refractivity contribution < 1.29 is 22.7 Å². The first-order valence-electron chi connectivity index (χ1n) is 9.61. The van der Waals surface area contributed by atoms with Crippen molar-refractivity contribution in [1.29, 1.82) is 0 Å². The molecule has 1 aromatic carbocycles. The summed E-state index contributed by atoms with van der Waals surface area (Å²) in [6.45, 7) is 2.50. The maximum Gasteiger partial charge on any atom is 0.421 e. The number of alkyl halides is 3. The largest absolute Gasteiger partial charge is 0.421 e. The molecule has 9 heteroatoms. The summed E-state index contributed by atoms with van der Waals surface area (Å²) in [6.07, 6.45) is -2.31. The number of hydrogen-bond donors (Lipinski definition) is 2. The lowest BCUT2D eigenvalue weighted by Crippen LogP contribution is -2.39. The molecule has 1 atom stereocenters. The van der Waals surface area contributed by atoms with Crippen LogP contribution in [-0.2, 0) is 5.60 Å². The van der Waals surface area contributed by atoms with E-state index in [0.717, 1.165) is 18.0 Å². The highest BCUT2D eigenvalue weighted by Crippen LogP contribution is 2.39. The van der Waals surface area contributed by atoms with E-state index in [0.29, 0.717) is 29.4 Å². The Morgan fingerprint density at radius 2 is 1.75 bits per heavy atom. The lowest BCUT2D eigenvalue weighted by Gasteiger charge is -2.26. The van der Waals surface area contributed by atoms with Crippen molar-refractivity contribution in [3.05, 3.63) is 78.0 Å². The minimum atomic E-state index is -4.87. The minimum Gasteiger partial charge on any atom is -0.376 e. The molecule has 0 aliphatic rings. The summed E-state index contributed by atoms with van der Waals surface area (Å²) >= 11 is 0. The summed E-state index contributed by atoms with van der Waals surface area (Å²) in [7, 11) is 0. The van der Waals surface area contributed by atoms with E-state index >= 15 is 0 Å². The van der Waals surface area contributed by atoms with E-state index in [4.69, 9.17) is 0 Å². The van der Waals surface area contributed by atoms with Crippen LogP contribution in [0.4, 0.5) is 17.6 Å². The quantitative estimate of drug-likeness (QED) is 0.414. The van der Waals surface area contributed by atoms with Gasteiger partial charge in [-0.05, 0) is 49.7 Å². The normalized spacial score (nSPS) is 13.7. The van der Waals surface area contributed by atoms with E-state index in [2.05, 4.69) is 20.2 Å². The highest BCUT2D eigenvalue weighted by atomic mass is 19.4. The van der Waals surface area contributed by atoms with Crippen LogP contribution < -0.4 is 0 Å². The summed E-state index contributed by atoms with van der Waals surface area (Å²) < 4.78 is 53.8. The van der Waals surface area contributed by atoms with E-state index in [1.165, 1.54) is 12.1 Å². The molecule has 0 bridgehead atoms. The molecule has 1 unspecified atom stereocenters. The van der Waals surface area contributed by atoms with Gasteiger partial charge in [0.1, 0.15) is 11.5 Å². The van der Waals surface area contributed by atoms with Crippen LogP contribution in [0.2, 0.25) is 0 Å². The predicted octanol–water partition coefficient (Wildman–Crippen LogP) is 5.42. The summed E-state index contributed by atoms with van der Waals surface area (Å²) in [4.78, 5) is 8.44. The molecule has 0 aliphatic heterocycles. The molecule has 4 rings (SSSR count). The van der Waals surface area contributed by atoms with Crippen molar-refractivity contribution in [3.8, 4) is 33.8 Å². The first kappa shape index (κ1) is 21.6. The van der Waals surface area contributed by atoms with Crippen LogP contribution in [-0.4, -0.2) is 31.4 Å². The molecular weight excluding hydrogens is 424 g/mol. The smallest absolute Gasteiger partial charge is 0.376 e. The van der Waals surface area contributed by atoms with Crippen molar-refractivity contribution in [1.82, 2.24) is 20.2 Å². The molecule has 164 valence electrons. The molecule has 2 N–H and O–H groups in total. The van der Waals surface area contributed by atoms with Crippen molar-refractivity contribution in [2.75, 3.05) is 0 Å². The lowest BCUT2D eigenvalue weighted by molar-refractivity contribution is -0.259. The second-order valence-corrected chi connectivity index (χ2v) is 7.51. The zero-order valence-electron chi connectivity index (χ0n) is 17.1. The van der Waals surface area contributed by atoms with Gasteiger partial charge in [0.25, 0.3) is 0 Å². The fourth-order valence-corrected chi connectivity index (χ4v) is 3.27. The van der Waals surface area contributed by atoms with Gasteiger partial charge in [0, 0.05) is 34.8 Å². The summed E-state index contributed by atoms with van der Waals surface area (Å²) in [5, 5.41) is 16.9. The molecule has 0 amide bonds. The van der Waals surface area contributed by atoms with E-state index in [1.807, 2.05) is 25.1 Å². The summed E-state index contributed by atoms with van der Waals surface area (Å²) in [6, 6.07) is 12.2. The first-order valence-corrected chi connectivity index (χ1v) is 9.61. The molecule has 0 fully saturated rings. The third kappa shape index (κ3) is 3.87. The van der Waals surface area contributed by atoms with Gasteiger partial charge in [-0.15, -0.1) is 0 Å². The van der Waals surface area contributed by atoms with Gasteiger partial charge in [-0.2, -0.15) is 18.3 Å². The number of nitrogens with zero attached hydrogens (tertiary/aromatic N) is 3. The Hall–Kier alpha value is -3.59. The number of rotatable bonds is 4. The highest BCUT2D eigenvalue weighted by molar-refractivity contribution is 5.81.